The molecule has 2 aliphatic heterocycles. The van der Waals surface area contributed by atoms with Gasteiger partial charge >= 0.3 is 0 Å². The van der Waals surface area contributed by atoms with Crippen molar-refractivity contribution in [2.24, 2.45) is 0 Å². The molecule has 1 N–H and O–H groups in total. The van der Waals surface area contributed by atoms with Crippen LogP contribution in [0, 0.1) is 0 Å². The van der Waals surface area contributed by atoms with E-state index < -0.39 is 0 Å². The minimum atomic E-state index is -0.0277. The van der Waals surface area contributed by atoms with Gasteiger partial charge in [0.25, 0.3) is 0 Å². The van der Waals surface area contributed by atoms with Crippen LogP contribution in [-0.2, 0) is 4.74 Å². The predicted molar refractivity (Wildman–Crippen MR) is 126 cm³/mol. The Morgan fingerprint density at radius 1 is 1.19 bits per heavy atom. The number of rotatable bonds is 5. The molecule has 1 atom stereocenters. The summed E-state index contributed by atoms with van der Waals surface area (Å²) < 4.78 is 18.1. The van der Waals surface area contributed by atoms with Gasteiger partial charge in [-0.25, -0.2) is 0 Å². The van der Waals surface area contributed by atoms with E-state index in [0.717, 1.165) is 58.0 Å². The lowest BCUT2D eigenvalue weighted by molar-refractivity contribution is 0.0673. The van der Waals surface area contributed by atoms with Crippen LogP contribution in [0.5, 0.6) is 17.2 Å². The Morgan fingerprint density at radius 3 is 2.84 bits per heavy atom. The van der Waals surface area contributed by atoms with Crippen molar-refractivity contribution < 1.29 is 19.3 Å². The second-order valence-corrected chi connectivity index (χ2v) is 8.70. The van der Waals surface area contributed by atoms with Crippen LogP contribution in [0.1, 0.15) is 30.1 Å². The molecular formula is C27H29NO4. The highest BCUT2D eigenvalue weighted by Gasteiger charge is 2.26. The molecule has 32 heavy (non-hydrogen) atoms. The number of phenolic OH excluding ortho intramolecular Hbond substituents is 1. The number of nitrogens with zero attached hydrogens (tertiary/aromatic N) is 1. The van der Waals surface area contributed by atoms with E-state index in [1.165, 1.54) is 5.57 Å². The molecule has 0 unspecified atom stereocenters. The Morgan fingerprint density at radius 2 is 2.03 bits per heavy atom. The fraction of sp³-hybridized carbons (Fsp3) is 0.333. The highest BCUT2D eigenvalue weighted by molar-refractivity contribution is 5.77. The summed E-state index contributed by atoms with van der Waals surface area (Å²) in [6.07, 6.45) is 9.95. The molecule has 0 spiro atoms. The van der Waals surface area contributed by atoms with Crippen LogP contribution in [-0.4, -0.2) is 50.5 Å². The van der Waals surface area contributed by atoms with Crippen LogP contribution in [0.2, 0.25) is 0 Å². The first-order chi connectivity index (χ1) is 15.6. The first-order valence-electron chi connectivity index (χ1n) is 11.2. The summed E-state index contributed by atoms with van der Waals surface area (Å²) in [5, 5.41) is 12.7. The molecule has 1 aliphatic carbocycles. The summed E-state index contributed by atoms with van der Waals surface area (Å²) in [6.45, 7) is 2.66. The predicted octanol–water partition coefficient (Wildman–Crippen LogP) is 3.16. The molecule has 5 heteroatoms. The maximum atomic E-state index is 10.9. The fourth-order valence-corrected chi connectivity index (χ4v) is 4.52. The molecule has 2 aromatic rings. The summed E-state index contributed by atoms with van der Waals surface area (Å²) in [5.41, 5.74) is 4.31. The quantitative estimate of drug-likeness (QED) is 0.788. The van der Waals surface area contributed by atoms with E-state index in [0.29, 0.717) is 19.8 Å². The van der Waals surface area contributed by atoms with Crippen molar-refractivity contribution in [3.8, 4) is 17.2 Å². The molecule has 0 aromatic heterocycles. The number of fused-ring (bicyclic) bond motifs is 4. The molecule has 2 heterocycles. The molecule has 0 bridgehead atoms. The highest BCUT2D eigenvalue weighted by Crippen LogP contribution is 2.37. The Labute approximate surface area is 188 Å². The van der Waals surface area contributed by atoms with Crippen LogP contribution in [0.15, 0.2) is 48.1 Å². The van der Waals surface area contributed by atoms with Gasteiger partial charge in [-0.05, 0) is 49.0 Å². The molecule has 166 valence electrons. The van der Waals surface area contributed by atoms with Crippen LogP contribution < -0.4 is 19.9 Å². The summed E-state index contributed by atoms with van der Waals surface area (Å²) in [7, 11) is 4.07. The topological polar surface area (TPSA) is 51.2 Å². The molecule has 5 rings (SSSR count). The van der Waals surface area contributed by atoms with Crippen molar-refractivity contribution in [1.82, 2.24) is 4.90 Å². The lowest BCUT2D eigenvalue weighted by Gasteiger charge is -2.28. The third-order valence-corrected chi connectivity index (χ3v) is 6.20. The van der Waals surface area contributed by atoms with Crippen molar-refractivity contribution in [1.29, 1.82) is 0 Å². The summed E-state index contributed by atoms with van der Waals surface area (Å²) >= 11 is 0. The number of ether oxygens (including phenoxy) is 3. The minimum absolute atomic E-state index is 0.0277. The summed E-state index contributed by atoms with van der Waals surface area (Å²) in [5.74, 6) is 2.01. The van der Waals surface area contributed by atoms with E-state index in [9.17, 15) is 5.11 Å². The SMILES string of the molecule is CN(C)CCOc1ccc([C@@H]2CC3=CC=Cc4c5c(cc(O)c4=C3CO2)=CCCO5)cc1. The van der Waals surface area contributed by atoms with Crippen molar-refractivity contribution in [3.05, 3.63) is 69.6 Å². The van der Waals surface area contributed by atoms with Crippen LogP contribution in [0.3, 0.4) is 0 Å². The lowest BCUT2D eigenvalue weighted by atomic mass is 9.91. The van der Waals surface area contributed by atoms with E-state index in [4.69, 9.17) is 14.2 Å². The first kappa shape index (κ1) is 20.9. The highest BCUT2D eigenvalue weighted by atomic mass is 16.5. The second-order valence-electron chi connectivity index (χ2n) is 8.70. The van der Waals surface area contributed by atoms with E-state index in [1.54, 1.807) is 0 Å². The summed E-state index contributed by atoms with van der Waals surface area (Å²) in [4.78, 5) is 2.10. The summed E-state index contributed by atoms with van der Waals surface area (Å²) in [6, 6.07) is 10.0. The molecule has 3 aliphatic rings. The van der Waals surface area contributed by atoms with Crippen LogP contribution in [0.25, 0.3) is 17.7 Å². The molecular weight excluding hydrogens is 402 g/mol. The Kier molecular flexibility index (Phi) is 5.77. The maximum Gasteiger partial charge on any atom is 0.134 e. The largest absolute Gasteiger partial charge is 0.507 e. The number of likely N-dealkylation sites (N-methyl/N-ethyl adjacent to an activating group) is 1. The smallest absolute Gasteiger partial charge is 0.134 e. The standard InChI is InChI=1S/C27H29NO4/c1-28(2)12-14-30-21-10-8-18(9-11-21)25-16-19-5-3-7-22-26(23(19)17-32-25)24(29)15-20-6-4-13-31-27(20)22/h3,5-11,15,25,29H,4,12-14,16-17H2,1-2H3/t25-/m0/s1. The van der Waals surface area contributed by atoms with Gasteiger partial charge in [0.1, 0.15) is 23.9 Å². The van der Waals surface area contributed by atoms with Crippen molar-refractivity contribution in [3.63, 3.8) is 0 Å². The number of benzene rings is 2. The van der Waals surface area contributed by atoms with E-state index >= 15 is 0 Å². The monoisotopic (exact) mass is 431 g/mol. The molecule has 2 aromatic carbocycles. The average molecular weight is 432 g/mol. The zero-order valence-corrected chi connectivity index (χ0v) is 18.6. The van der Waals surface area contributed by atoms with E-state index in [-0.39, 0.29) is 11.9 Å². The van der Waals surface area contributed by atoms with Gasteiger partial charge in [-0.1, -0.05) is 36.4 Å². The number of hydrogen-bond acceptors (Lipinski definition) is 5. The molecule has 1 saturated heterocycles. The van der Waals surface area contributed by atoms with Gasteiger partial charge in [0.05, 0.1) is 19.3 Å². The lowest BCUT2D eigenvalue weighted by Crippen LogP contribution is -2.26. The third kappa shape index (κ3) is 4.06. The van der Waals surface area contributed by atoms with E-state index in [1.807, 2.05) is 38.4 Å². The number of aromatic hydroxyl groups is 1. The number of hydrogen-bond donors (Lipinski definition) is 1. The Hall–Kier alpha value is -3.02. The van der Waals surface area contributed by atoms with Gasteiger partial charge in [-0.2, -0.15) is 0 Å². The Bertz CT molecular complexity index is 1190. The molecule has 0 saturated carbocycles. The van der Waals surface area contributed by atoms with Crippen LogP contribution >= 0.6 is 0 Å². The molecule has 0 radical (unpaired) electrons. The van der Waals surface area contributed by atoms with Gasteiger partial charge < -0.3 is 24.2 Å². The third-order valence-electron chi connectivity index (χ3n) is 6.20. The molecule has 1 fully saturated rings. The zero-order chi connectivity index (χ0) is 22.1. The maximum absolute atomic E-state index is 10.9. The van der Waals surface area contributed by atoms with Gasteiger partial charge in [0.15, 0.2) is 0 Å². The molecule has 5 nitrogen and oxygen atoms in total. The average Bonchev–Trinajstić information content (AvgIpc) is 2.99. The van der Waals surface area contributed by atoms with Gasteiger partial charge in [-0.15, -0.1) is 0 Å². The zero-order valence-electron chi connectivity index (χ0n) is 18.6. The van der Waals surface area contributed by atoms with E-state index in [2.05, 4.69) is 35.3 Å². The van der Waals surface area contributed by atoms with Gasteiger partial charge in [-0.3, -0.25) is 0 Å². The minimum Gasteiger partial charge on any atom is -0.507 e. The number of phenols is 1. The van der Waals surface area contributed by atoms with Crippen molar-refractivity contribution in [2.45, 2.75) is 18.9 Å². The van der Waals surface area contributed by atoms with Gasteiger partial charge in [0.2, 0.25) is 0 Å². The van der Waals surface area contributed by atoms with Crippen LogP contribution in [0.4, 0.5) is 0 Å². The van der Waals surface area contributed by atoms with Gasteiger partial charge in [0, 0.05) is 35.4 Å². The Balaban J connectivity index is 1.41. The molecule has 0 amide bonds. The first-order valence-corrected chi connectivity index (χ1v) is 11.2. The second kappa shape index (κ2) is 8.85. The number of allylic oxidation sites excluding steroid dienone is 2. The normalized spacial score (nSPS) is 19.2. The fourth-order valence-electron chi connectivity index (χ4n) is 4.52. The van der Waals surface area contributed by atoms with Crippen molar-refractivity contribution >= 4 is 17.7 Å². The van der Waals surface area contributed by atoms with Crippen molar-refractivity contribution in [2.75, 3.05) is 40.5 Å².